The quantitative estimate of drug-likeness (QED) is 0.467. The maximum Gasteiger partial charge on any atom is 0.410 e. The van der Waals surface area contributed by atoms with Crippen LogP contribution >= 0.6 is 0 Å². The Hall–Kier alpha value is -2.84. The fraction of sp³-hybridized carbons (Fsp3) is 0.586. The normalized spacial score (nSPS) is 28.1. The van der Waals surface area contributed by atoms with E-state index in [9.17, 15) is 14.7 Å². The third-order valence-electron chi connectivity index (χ3n) is 7.10. The van der Waals surface area contributed by atoms with E-state index in [-0.39, 0.29) is 24.3 Å². The van der Waals surface area contributed by atoms with Crippen molar-refractivity contribution in [1.82, 2.24) is 10.2 Å². The van der Waals surface area contributed by atoms with Gasteiger partial charge in [0.2, 0.25) is 0 Å². The molecule has 2 heterocycles. The van der Waals surface area contributed by atoms with E-state index in [1.165, 1.54) is 0 Å². The summed E-state index contributed by atoms with van der Waals surface area (Å²) in [6.07, 6.45) is 4.85. The van der Waals surface area contributed by atoms with Crippen LogP contribution in [-0.2, 0) is 14.3 Å². The van der Waals surface area contributed by atoms with Gasteiger partial charge in [-0.2, -0.15) is 0 Å². The van der Waals surface area contributed by atoms with Crippen molar-refractivity contribution >= 4 is 23.8 Å². The number of benzene rings is 1. The van der Waals surface area contributed by atoms with Crippen molar-refractivity contribution in [2.45, 2.75) is 58.3 Å². The van der Waals surface area contributed by atoms with E-state index < -0.39 is 24.3 Å². The predicted octanol–water partition coefficient (Wildman–Crippen LogP) is 3.85. The number of hydrogen-bond donors (Lipinski definition) is 2. The lowest BCUT2D eigenvalue weighted by Crippen LogP contribution is -2.47. The van der Waals surface area contributed by atoms with Crippen LogP contribution in [0.5, 0.6) is 0 Å². The van der Waals surface area contributed by atoms with E-state index in [1.807, 2.05) is 76.2 Å². The zero-order valence-corrected chi connectivity index (χ0v) is 22.9. The molecule has 5 atom stereocenters. The number of nitrogens with one attached hydrogen (secondary N) is 1. The number of nitrogens with zero attached hydrogens (tertiary/aromatic N) is 2. The average Bonchev–Trinajstić information content (AvgIpc) is 2.87. The van der Waals surface area contributed by atoms with Crippen molar-refractivity contribution in [3.8, 4) is 0 Å². The van der Waals surface area contributed by atoms with Gasteiger partial charge in [-0.1, -0.05) is 38.1 Å². The zero-order chi connectivity index (χ0) is 26.9. The van der Waals surface area contributed by atoms with E-state index in [0.717, 1.165) is 29.9 Å². The van der Waals surface area contributed by atoms with Crippen LogP contribution in [-0.4, -0.2) is 80.7 Å². The fourth-order valence-electron chi connectivity index (χ4n) is 4.73. The molecular weight excluding hydrogens is 470 g/mol. The molecule has 0 aliphatic carbocycles. The first-order valence-corrected chi connectivity index (χ1v) is 13.3. The smallest absolute Gasteiger partial charge is 0.410 e. The van der Waals surface area contributed by atoms with Gasteiger partial charge < -0.3 is 29.7 Å². The van der Waals surface area contributed by atoms with E-state index in [0.29, 0.717) is 25.9 Å². The fourth-order valence-corrected chi connectivity index (χ4v) is 4.73. The lowest BCUT2D eigenvalue weighted by molar-refractivity contribution is -0.151. The van der Waals surface area contributed by atoms with Gasteiger partial charge in [0.25, 0.3) is 0 Å². The Labute approximate surface area is 221 Å². The van der Waals surface area contributed by atoms with Crippen LogP contribution < -0.4 is 10.2 Å². The van der Waals surface area contributed by atoms with Gasteiger partial charge in [0, 0.05) is 51.9 Å². The van der Waals surface area contributed by atoms with E-state index in [1.54, 1.807) is 4.90 Å². The highest BCUT2D eigenvalue weighted by Gasteiger charge is 2.28. The Balaban J connectivity index is 1.85. The molecule has 1 amide bonds. The Morgan fingerprint density at radius 1 is 1.19 bits per heavy atom. The molecule has 1 saturated heterocycles. The van der Waals surface area contributed by atoms with Crippen molar-refractivity contribution in [3.63, 3.8) is 0 Å². The third kappa shape index (κ3) is 8.61. The molecule has 2 aliphatic heterocycles. The van der Waals surface area contributed by atoms with Gasteiger partial charge in [0.15, 0.2) is 0 Å². The summed E-state index contributed by atoms with van der Waals surface area (Å²) in [7, 11) is 3.99. The Morgan fingerprint density at radius 3 is 2.62 bits per heavy atom. The second-order valence-electron chi connectivity index (χ2n) is 10.5. The Bertz CT molecular complexity index is 970. The number of hydrogen-bond acceptors (Lipinski definition) is 7. The minimum Gasteiger partial charge on any atom is -0.457 e. The maximum atomic E-state index is 12.8. The summed E-state index contributed by atoms with van der Waals surface area (Å²) in [5, 5.41) is 13.7. The van der Waals surface area contributed by atoms with Crippen molar-refractivity contribution in [1.29, 1.82) is 0 Å². The van der Waals surface area contributed by atoms with Gasteiger partial charge in [-0.3, -0.25) is 4.79 Å². The van der Waals surface area contributed by atoms with E-state index >= 15 is 0 Å². The van der Waals surface area contributed by atoms with Crippen LogP contribution in [0.1, 0.15) is 45.6 Å². The highest BCUT2D eigenvalue weighted by Crippen LogP contribution is 2.26. The number of amides is 1. The second kappa shape index (κ2) is 13.6. The van der Waals surface area contributed by atoms with Crippen LogP contribution in [0.25, 0.3) is 6.08 Å². The maximum absolute atomic E-state index is 12.8. The SMILES string of the molecule is C/C(=C\c1cccc(N(C)C)c1)C1OC(=O)CC(O)CCC(C)C(OC(=O)N2CCNCC2)C=CC1C. The molecule has 1 aromatic rings. The largest absolute Gasteiger partial charge is 0.457 e. The number of anilines is 1. The van der Waals surface area contributed by atoms with Crippen molar-refractivity contribution < 1.29 is 24.2 Å². The van der Waals surface area contributed by atoms with Crippen LogP contribution in [0, 0.1) is 11.8 Å². The van der Waals surface area contributed by atoms with Crippen LogP contribution in [0.2, 0.25) is 0 Å². The predicted molar refractivity (Wildman–Crippen MR) is 146 cm³/mol. The standard InChI is InChI=1S/C29H43N3O5/c1-20-9-11-25(33)19-27(34)37-28(22(3)17-23-7-6-8-24(18-23)31(4)5)21(2)10-12-26(20)36-29(35)32-15-13-30-14-16-32/h6-8,10,12,17-18,20-21,25-26,28,30,33H,9,11,13-16,19H2,1-5H3/b12-10?,22-17+. The molecule has 2 N–H and O–H groups in total. The topological polar surface area (TPSA) is 91.3 Å². The summed E-state index contributed by atoms with van der Waals surface area (Å²) in [5.74, 6) is -0.590. The summed E-state index contributed by atoms with van der Waals surface area (Å²) < 4.78 is 11.8. The summed E-state index contributed by atoms with van der Waals surface area (Å²) in [6, 6.07) is 8.14. The zero-order valence-electron chi connectivity index (χ0n) is 22.9. The van der Waals surface area contributed by atoms with Gasteiger partial charge in [0.05, 0.1) is 12.5 Å². The molecule has 37 heavy (non-hydrogen) atoms. The van der Waals surface area contributed by atoms with Gasteiger partial charge in [-0.25, -0.2) is 4.79 Å². The molecule has 5 unspecified atom stereocenters. The molecule has 0 bridgehead atoms. The molecule has 0 spiro atoms. The van der Waals surface area contributed by atoms with Gasteiger partial charge in [-0.15, -0.1) is 0 Å². The van der Waals surface area contributed by atoms with Crippen LogP contribution in [0.3, 0.4) is 0 Å². The van der Waals surface area contributed by atoms with Gasteiger partial charge in [0.1, 0.15) is 12.2 Å². The van der Waals surface area contributed by atoms with Crippen LogP contribution in [0.4, 0.5) is 10.5 Å². The average molecular weight is 514 g/mol. The first kappa shape index (κ1) is 28.7. The van der Waals surface area contributed by atoms with Crippen LogP contribution in [0.15, 0.2) is 42.0 Å². The molecule has 0 saturated carbocycles. The molecular formula is C29H43N3O5. The van der Waals surface area contributed by atoms with Crippen molar-refractivity contribution in [2.75, 3.05) is 45.2 Å². The second-order valence-corrected chi connectivity index (χ2v) is 10.5. The summed E-state index contributed by atoms with van der Waals surface area (Å²) in [4.78, 5) is 29.3. The summed E-state index contributed by atoms with van der Waals surface area (Å²) in [6.45, 7) is 8.71. The number of piperazine rings is 1. The van der Waals surface area contributed by atoms with Crippen molar-refractivity contribution in [2.24, 2.45) is 11.8 Å². The molecule has 1 fully saturated rings. The number of esters is 1. The van der Waals surface area contributed by atoms with Gasteiger partial charge in [-0.05, 0) is 55.0 Å². The first-order valence-electron chi connectivity index (χ1n) is 13.3. The number of aliphatic hydroxyl groups excluding tert-OH is 1. The molecule has 204 valence electrons. The van der Waals surface area contributed by atoms with E-state index in [2.05, 4.69) is 11.4 Å². The van der Waals surface area contributed by atoms with E-state index in [4.69, 9.17) is 9.47 Å². The summed E-state index contributed by atoms with van der Waals surface area (Å²) in [5.41, 5.74) is 2.99. The van der Waals surface area contributed by atoms with Crippen molar-refractivity contribution in [3.05, 3.63) is 47.6 Å². The minimum atomic E-state index is -0.806. The monoisotopic (exact) mass is 513 g/mol. The number of ether oxygens (including phenoxy) is 2. The number of rotatable bonds is 4. The molecule has 8 heteroatoms. The molecule has 2 aliphatic rings. The molecule has 0 aromatic heterocycles. The minimum absolute atomic E-state index is 0.00993. The highest BCUT2D eigenvalue weighted by molar-refractivity contribution is 5.71. The molecule has 8 nitrogen and oxygen atoms in total. The number of cyclic esters (lactones) is 1. The van der Waals surface area contributed by atoms with Gasteiger partial charge >= 0.3 is 12.1 Å². The third-order valence-corrected chi connectivity index (χ3v) is 7.10. The lowest BCUT2D eigenvalue weighted by Gasteiger charge is -2.31. The summed E-state index contributed by atoms with van der Waals surface area (Å²) >= 11 is 0. The molecule has 1 aromatic carbocycles. The lowest BCUT2D eigenvalue weighted by atomic mass is 9.91. The number of aliphatic hydroxyl groups is 1. The number of carbonyl (C=O) groups is 2. The Kier molecular flexibility index (Phi) is 10.6. The Morgan fingerprint density at radius 2 is 1.92 bits per heavy atom. The highest BCUT2D eigenvalue weighted by atomic mass is 16.6. The first-order chi connectivity index (χ1) is 17.6. The molecule has 0 radical (unpaired) electrons. The number of carbonyl (C=O) groups excluding carboxylic acids is 2. The molecule has 3 rings (SSSR count).